The van der Waals surface area contributed by atoms with Crippen molar-refractivity contribution in [3.63, 3.8) is 0 Å². The number of aliphatic hydroxyl groups excluding tert-OH is 1. The summed E-state index contributed by atoms with van der Waals surface area (Å²) in [6, 6.07) is 4.01. The quantitative estimate of drug-likeness (QED) is 0.743. The van der Waals surface area contributed by atoms with E-state index in [4.69, 9.17) is 33.4 Å². The fourth-order valence-electron chi connectivity index (χ4n) is 1.05. The van der Waals surface area contributed by atoms with Crippen LogP contribution in [0.15, 0.2) is 23.1 Å². The lowest BCUT2D eigenvalue weighted by Gasteiger charge is -2.10. The summed E-state index contributed by atoms with van der Waals surface area (Å²) in [7, 11) is -4.03. The molecule has 1 rings (SSSR count). The molecule has 1 aromatic rings. The minimum Gasteiger partial charge on any atom is -0.479 e. The molecule has 18 heavy (non-hydrogen) atoms. The van der Waals surface area contributed by atoms with E-state index in [2.05, 4.69) is 0 Å². The van der Waals surface area contributed by atoms with Gasteiger partial charge in [-0.15, -0.1) is 0 Å². The zero-order valence-electron chi connectivity index (χ0n) is 8.80. The number of aliphatic carboxylic acids is 1. The molecule has 1 aromatic carbocycles. The van der Waals surface area contributed by atoms with Crippen molar-refractivity contribution >= 4 is 39.2 Å². The second-order valence-electron chi connectivity index (χ2n) is 3.26. The molecule has 0 saturated heterocycles. The van der Waals surface area contributed by atoms with Crippen LogP contribution in [-0.2, 0) is 14.8 Å². The summed E-state index contributed by atoms with van der Waals surface area (Å²) in [5.41, 5.74) is 0. The summed E-state index contributed by atoms with van der Waals surface area (Å²) in [6.45, 7) is -0.666. The lowest BCUT2D eigenvalue weighted by atomic mass is 10.4. The number of nitrogens with one attached hydrogen (secondary N) is 1. The Hall–Kier alpha value is -0.860. The molecule has 100 valence electrons. The summed E-state index contributed by atoms with van der Waals surface area (Å²) in [5, 5.41) is 17.3. The summed E-state index contributed by atoms with van der Waals surface area (Å²) in [4.78, 5) is 10.1. The van der Waals surface area contributed by atoms with Crippen molar-refractivity contribution in [3.05, 3.63) is 28.2 Å². The highest BCUT2D eigenvalue weighted by Gasteiger charge is 2.22. The second-order valence-corrected chi connectivity index (χ2v) is 5.78. The molecule has 0 radical (unpaired) electrons. The highest BCUT2D eigenvalue weighted by Crippen LogP contribution is 2.28. The van der Waals surface area contributed by atoms with E-state index in [1.165, 1.54) is 18.2 Å². The van der Waals surface area contributed by atoms with Crippen LogP contribution in [-0.4, -0.2) is 37.2 Å². The topological polar surface area (TPSA) is 104 Å². The first kappa shape index (κ1) is 15.2. The molecule has 0 aliphatic carbocycles. The Morgan fingerprint density at radius 1 is 1.39 bits per heavy atom. The van der Waals surface area contributed by atoms with Crippen LogP contribution in [0, 0.1) is 0 Å². The van der Waals surface area contributed by atoms with Crippen LogP contribution in [0.5, 0.6) is 0 Å². The van der Waals surface area contributed by atoms with Gasteiger partial charge in [0.25, 0.3) is 0 Å². The number of hydrogen-bond donors (Lipinski definition) is 3. The SMILES string of the molecule is O=C(O)[C@@H](O)CNS(=O)(=O)c1cccc(Cl)c1Cl. The first-order valence-corrected chi connectivity index (χ1v) is 6.84. The first-order chi connectivity index (χ1) is 8.25. The number of rotatable bonds is 5. The number of carboxylic acids is 1. The molecule has 3 N–H and O–H groups in total. The minimum absolute atomic E-state index is 0.0540. The van der Waals surface area contributed by atoms with Crippen LogP contribution in [0.2, 0.25) is 10.0 Å². The van der Waals surface area contributed by atoms with Gasteiger partial charge < -0.3 is 10.2 Å². The third kappa shape index (κ3) is 3.56. The van der Waals surface area contributed by atoms with Gasteiger partial charge in [0.2, 0.25) is 10.0 Å². The van der Waals surface area contributed by atoms with Crippen molar-refractivity contribution < 1.29 is 23.4 Å². The third-order valence-electron chi connectivity index (χ3n) is 1.96. The van der Waals surface area contributed by atoms with Gasteiger partial charge in [-0.05, 0) is 12.1 Å². The zero-order chi connectivity index (χ0) is 13.9. The third-order valence-corrected chi connectivity index (χ3v) is 4.35. The molecule has 0 heterocycles. The van der Waals surface area contributed by atoms with Crippen molar-refractivity contribution in [2.75, 3.05) is 6.54 Å². The Morgan fingerprint density at radius 3 is 2.56 bits per heavy atom. The van der Waals surface area contributed by atoms with Gasteiger partial charge in [-0.25, -0.2) is 17.9 Å². The Balaban J connectivity index is 2.94. The smallest absolute Gasteiger partial charge is 0.333 e. The van der Waals surface area contributed by atoms with Crippen LogP contribution in [0.3, 0.4) is 0 Å². The maximum absolute atomic E-state index is 11.8. The predicted molar refractivity (Wildman–Crippen MR) is 65.3 cm³/mol. The van der Waals surface area contributed by atoms with E-state index in [-0.39, 0.29) is 14.9 Å². The van der Waals surface area contributed by atoms with E-state index in [0.717, 1.165) is 0 Å². The number of sulfonamides is 1. The van der Waals surface area contributed by atoms with Gasteiger partial charge in [-0.2, -0.15) is 0 Å². The molecule has 0 bridgehead atoms. The van der Waals surface area contributed by atoms with Gasteiger partial charge >= 0.3 is 5.97 Å². The number of carbonyl (C=O) groups is 1. The van der Waals surface area contributed by atoms with Crippen molar-refractivity contribution in [1.82, 2.24) is 4.72 Å². The van der Waals surface area contributed by atoms with Crippen LogP contribution in [0.4, 0.5) is 0 Å². The molecule has 1 atom stereocenters. The summed E-state index contributed by atoms with van der Waals surface area (Å²) in [5.74, 6) is -1.53. The summed E-state index contributed by atoms with van der Waals surface area (Å²) < 4.78 is 25.5. The van der Waals surface area contributed by atoms with E-state index in [1.807, 2.05) is 4.72 Å². The minimum atomic E-state index is -4.03. The molecule has 0 saturated carbocycles. The normalized spacial score (nSPS) is 13.3. The fourth-order valence-corrected chi connectivity index (χ4v) is 2.84. The van der Waals surface area contributed by atoms with Gasteiger partial charge in [-0.1, -0.05) is 29.3 Å². The van der Waals surface area contributed by atoms with E-state index >= 15 is 0 Å². The molecular formula is C9H9Cl2NO5S. The average Bonchev–Trinajstić information content (AvgIpc) is 2.29. The molecule has 0 aliphatic rings. The highest BCUT2D eigenvalue weighted by atomic mass is 35.5. The number of carboxylic acid groups (broad SMARTS) is 1. The second kappa shape index (κ2) is 5.85. The largest absolute Gasteiger partial charge is 0.479 e. The van der Waals surface area contributed by atoms with Crippen LogP contribution in [0.25, 0.3) is 0 Å². The predicted octanol–water partition coefficient (Wildman–Crippen LogP) is 0.717. The first-order valence-electron chi connectivity index (χ1n) is 4.60. The Labute approximate surface area is 113 Å². The molecule has 0 spiro atoms. The average molecular weight is 314 g/mol. The van der Waals surface area contributed by atoms with Crippen LogP contribution < -0.4 is 4.72 Å². The molecule has 9 heteroatoms. The van der Waals surface area contributed by atoms with Gasteiger partial charge in [0, 0.05) is 6.54 Å². The molecular weight excluding hydrogens is 305 g/mol. The van der Waals surface area contributed by atoms with E-state index in [9.17, 15) is 13.2 Å². The Kier molecular flexibility index (Phi) is 4.94. The van der Waals surface area contributed by atoms with Crippen molar-refractivity contribution in [2.45, 2.75) is 11.0 Å². The molecule has 0 aliphatic heterocycles. The van der Waals surface area contributed by atoms with Gasteiger partial charge in [0.15, 0.2) is 6.10 Å². The summed E-state index contributed by atoms with van der Waals surface area (Å²) in [6.07, 6.45) is -1.84. The van der Waals surface area contributed by atoms with Crippen LogP contribution in [0.1, 0.15) is 0 Å². The van der Waals surface area contributed by atoms with Crippen molar-refractivity contribution in [3.8, 4) is 0 Å². The van der Waals surface area contributed by atoms with Gasteiger partial charge in [0.1, 0.15) is 4.90 Å². The van der Waals surface area contributed by atoms with Crippen molar-refractivity contribution in [2.24, 2.45) is 0 Å². The number of benzene rings is 1. The summed E-state index contributed by atoms with van der Waals surface area (Å²) >= 11 is 11.4. The highest BCUT2D eigenvalue weighted by molar-refractivity contribution is 7.89. The lowest BCUT2D eigenvalue weighted by molar-refractivity contribution is -0.146. The van der Waals surface area contributed by atoms with Crippen LogP contribution >= 0.6 is 23.2 Å². The number of halogens is 2. The monoisotopic (exact) mass is 313 g/mol. The fraction of sp³-hybridized carbons (Fsp3) is 0.222. The molecule has 0 amide bonds. The number of aliphatic hydroxyl groups is 1. The standard InChI is InChI=1S/C9H9Cl2NO5S/c10-5-2-1-3-7(8(5)11)18(16,17)12-4-6(13)9(14)15/h1-3,6,12-13H,4H2,(H,14,15)/t6-/m0/s1. The Morgan fingerprint density at radius 2 is 2.00 bits per heavy atom. The van der Waals surface area contributed by atoms with Gasteiger partial charge in [0.05, 0.1) is 10.0 Å². The number of hydrogen-bond acceptors (Lipinski definition) is 4. The molecule has 6 nitrogen and oxygen atoms in total. The van der Waals surface area contributed by atoms with Gasteiger partial charge in [-0.3, -0.25) is 0 Å². The van der Waals surface area contributed by atoms with E-state index < -0.39 is 28.6 Å². The van der Waals surface area contributed by atoms with E-state index in [1.54, 1.807) is 0 Å². The maximum Gasteiger partial charge on any atom is 0.333 e. The molecule has 0 unspecified atom stereocenters. The maximum atomic E-state index is 11.8. The zero-order valence-corrected chi connectivity index (χ0v) is 11.1. The van der Waals surface area contributed by atoms with Crippen molar-refractivity contribution in [1.29, 1.82) is 0 Å². The lowest BCUT2D eigenvalue weighted by Crippen LogP contribution is -2.36. The molecule has 0 fully saturated rings. The Bertz CT molecular complexity index is 560. The van der Waals surface area contributed by atoms with E-state index in [0.29, 0.717) is 0 Å². The molecule has 0 aromatic heterocycles.